The summed E-state index contributed by atoms with van der Waals surface area (Å²) >= 11 is 0. The first-order chi connectivity index (χ1) is 13.7. The van der Waals surface area contributed by atoms with Gasteiger partial charge in [-0.25, -0.2) is 0 Å². The smallest absolute Gasteiger partial charge is 0.246 e. The molecule has 1 aliphatic rings. The van der Waals surface area contributed by atoms with Crippen molar-refractivity contribution in [3.05, 3.63) is 65.2 Å². The molecular formula is C23H28N2O3. The molecule has 0 radical (unpaired) electrons. The van der Waals surface area contributed by atoms with Gasteiger partial charge < -0.3 is 20.1 Å². The monoisotopic (exact) mass is 380 g/mol. The van der Waals surface area contributed by atoms with E-state index in [4.69, 9.17) is 15.2 Å². The highest BCUT2D eigenvalue weighted by molar-refractivity contribution is 5.92. The molecular weight excluding hydrogens is 352 g/mol. The summed E-state index contributed by atoms with van der Waals surface area (Å²) in [7, 11) is 3.20. The van der Waals surface area contributed by atoms with E-state index in [9.17, 15) is 4.79 Å². The number of hydrogen-bond donors (Lipinski definition) is 1. The third-order valence-corrected chi connectivity index (χ3v) is 5.30. The first-order valence-electron chi connectivity index (χ1n) is 9.63. The number of methoxy groups -OCH3 is 2. The fraction of sp³-hybridized carbons (Fsp3) is 0.348. The van der Waals surface area contributed by atoms with Gasteiger partial charge in [0.05, 0.1) is 14.2 Å². The fourth-order valence-corrected chi connectivity index (χ4v) is 3.72. The van der Waals surface area contributed by atoms with Crippen molar-refractivity contribution in [1.29, 1.82) is 0 Å². The second-order valence-electron chi connectivity index (χ2n) is 6.96. The highest BCUT2D eigenvalue weighted by Crippen LogP contribution is 2.32. The molecule has 1 saturated heterocycles. The van der Waals surface area contributed by atoms with Crippen LogP contribution in [-0.4, -0.2) is 38.1 Å². The average molecular weight is 380 g/mol. The summed E-state index contributed by atoms with van der Waals surface area (Å²) in [5, 5.41) is 0. The number of rotatable bonds is 6. The molecule has 2 aromatic rings. The quantitative estimate of drug-likeness (QED) is 0.778. The number of likely N-dealkylation sites (tertiary alicyclic amines) is 1. The minimum absolute atomic E-state index is 0.0269. The van der Waals surface area contributed by atoms with Crippen molar-refractivity contribution >= 4 is 12.0 Å². The highest BCUT2D eigenvalue weighted by Gasteiger charge is 2.23. The normalized spacial score (nSPS) is 15.0. The molecule has 0 atom stereocenters. The number of ether oxygens (including phenoxy) is 2. The van der Waals surface area contributed by atoms with Gasteiger partial charge in [-0.05, 0) is 42.0 Å². The summed E-state index contributed by atoms with van der Waals surface area (Å²) in [4.78, 5) is 14.5. The second-order valence-corrected chi connectivity index (χ2v) is 6.96. The molecule has 0 bridgehead atoms. The molecule has 0 saturated carbocycles. The molecule has 5 heteroatoms. The summed E-state index contributed by atoms with van der Waals surface area (Å²) in [6.45, 7) is 2.08. The lowest BCUT2D eigenvalue weighted by Gasteiger charge is -2.31. The Labute approximate surface area is 166 Å². The summed E-state index contributed by atoms with van der Waals surface area (Å²) in [5.74, 6) is 1.79. The van der Waals surface area contributed by atoms with E-state index in [2.05, 4.69) is 24.3 Å². The van der Waals surface area contributed by atoms with Crippen molar-refractivity contribution in [2.24, 2.45) is 5.73 Å². The van der Waals surface area contributed by atoms with Gasteiger partial charge in [-0.2, -0.15) is 0 Å². The lowest BCUT2D eigenvalue weighted by molar-refractivity contribution is -0.126. The highest BCUT2D eigenvalue weighted by atomic mass is 16.5. The lowest BCUT2D eigenvalue weighted by Crippen LogP contribution is -2.36. The Hall–Kier alpha value is -2.79. The maximum Gasteiger partial charge on any atom is 0.246 e. The van der Waals surface area contributed by atoms with Gasteiger partial charge in [-0.1, -0.05) is 36.4 Å². The number of hydrogen-bond acceptors (Lipinski definition) is 4. The Bertz CT molecular complexity index is 839. The fourth-order valence-electron chi connectivity index (χ4n) is 3.72. The standard InChI is InChI=1S/C23H28N2O3/c1-27-21-8-4-6-19(23(21)28-2)9-10-22(26)25-13-11-18(12-14-25)20-7-3-5-17(15-20)16-24/h3-10,15,18H,11-14,16,24H2,1-2H3. The van der Waals surface area contributed by atoms with E-state index < -0.39 is 0 Å². The summed E-state index contributed by atoms with van der Waals surface area (Å²) < 4.78 is 10.7. The van der Waals surface area contributed by atoms with Crippen LogP contribution in [0.1, 0.15) is 35.4 Å². The first-order valence-corrected chi connectivity index (χ1v) is 9.63. The van der Waals surface area contributed by atoms with Crippen LogP contribution >= 0.6 is 0 Å². The number of carbonyl (C=O) groups is 1. The van der Waals surface area contributed by atoms with Crippen molar-refractivity contribution in [2.45, 2.75) is 25.3 Å². The summed E-state index contributed by atoms with van der Waals surface area (Å²) in [6.07, 6.45) is 5.35. The van der Waals surface area contributed by atoms with E-state index in [1.165, 1.54) is 5.56 Å². The van der Waals surface area contributed by atoms with Gasteiger partial charge in [0, 0.05) is 31.3 Å². The molecule has 1 aliphatic heterocycles. The van der Waals surface area contributed by atoms with Crippen LogP contribution in [0.3, 0.4) is 0 Å². The predicted octanol–water partition coefficient (Wildman–Crippen LogP) is 3.58. The number of benzene rings is 2. The molecule has 0 spiro atoms. The molecule has 28 heavy (non-hydrogen) atoms. The Kier molecular flexibility index (Phi) is 6.71. The molecule has 1 amide bonds. The largest absolute Gasteiger partial charge is 0.493 e. The van der Waals surface area contributed by atoms with Crippen LogP contribution in [0.4, 0.5) is 0 Å². The molecule has 3 rings (SSSR count). The minimum atomic E-state index is 0.0269. The maximum absolute atomic E-state index is 12.6. The zero-order chi connectivity index (χ0) is 19.9. The summed E-state index contributed by atoms with van der Waals surface area (Å²) in [6, 6.07) is 14.1. The predicted molar refractivity (Wildman–Crippen MR) is 111 cm³/mol. The summed E-state index contributed by atoms with van der Waals surface area (Å²) in [5.41, 5.74) is 9.06. The minimum Gasteiger partial charge on any atom is -0.493 e. The van der Waals surface area contributed by atoms with Crippen LogP contribution in [0.15, 0.2) is 48.5 Å². The molecule has 2 aromatic carbocycles. The van der Waals surface area contributed by atoms with Crippen molar-refractivity contribution in [3.63, 3.8) is 0 Å². The number of amides is 1. The molecule has 5 nitrogen and oxygen atoms in total. The SMILES string of the molecule is COc1cccc(C=CC(=O)N2CCC(c3cccc(CN)c3)CC2)c1OC. The van der Waals surface area contributed by atoms with Crippen LogP contribution in [0.2, 0.25) is 0 Å². The molecule has 1 fully saturated rings. The Balaban J connectivity index is 1.62. The van der Waals surface area contributed by atoms with Crippen LogP contribution in [0.25, 0.3) is 6.08 Å². The van der Waals surface area contributed by atoms with Crippen molar-refractivity contribution in [3.8, 4) is 11.5 Å². The van der Waals surface area contributed by atoms with Gasteiger partial charge in [-0.15, -0.1) is 0 Å². The number of para-hydroxylation sites is 1. The topological polar surface area (TPSA) is 64.8 Å². The lowest BCUT2D eigenvalue weighted by atomic mass is 9.88. The third kappa shape index (κ3) is 4.54. The van der Waals surface area contributed by atoms with Gasteiger partial charge in [0.15, 0.2) is 11.5 Å². The average Bonchev–Trinajstić information content (AvgIpc) is 2.77. The van der Waals surface area contributed by atoms with Crippen molar-refractivity contribution in [1.82, 2.24) is 4.90 Å². The van der Waals surface area contributed by atoms with Gasteiger partial charge in [0.2, 0.25) is 5.91 Å². The second kappa shape index (κ2) is 9.42. The van der Waals surface area contributed by atoms with Crippen LogP contribution in [0, 0.1) is 0 Å². The zero-order valence-corrected chi connectivity index (χ0v) is 16.6. The molecule has 1 heterocycles. The van der Waals surface area contributed by atoms with E-state index in [1.807, 2.05) is 23.1 Å². The van der Waals surface area contributed by atoms with E-state index in [1.54, 1.807) is 26.4 Å². The maximum atomic E-state index is 12.6. The Morgan fingerprint density at radius 1 is 1.14 bits per heavy atom. The number of nitrogens with two attached hydrogens (primary N) is 1. The van der Waals surface area contributed by atoms with Crippen molar-refractivity contribution in [2.75, 3.05) is 27.3 Å². The Morgan fingerprint density at radius 2 is 1.89 bits per heavy atom. The van der Waals surface area contributed by atoms with Crippen LogP contribution in [-0.2, 0) is 11.3 Å². The molecule has 0 aliphatic carbocycles. The zero-order valence-electron chi connectivity index (χ0n) is 16.6. The number of carbonyl (C=O) groups excluding carboxylic acids is 1. The molecule has 0 unspecified atom stereocenters. The van der Waals surface area contributed by atoms with Gasteiger partial charge in [0.25, 0.3) is 0 Å². The van der Waals surface area contributed by atoms with Gasteiger partial charge in [-0.3, -0.25) is 4.79 Å². The van der Waals surface area contributed by atoms with Gasteiger partial charge >= 0.3 is 0 Å². The molecule has 2 N–H and O–H groups in total. The van der Waals surface area contributed by atoms with E-state index in [0.29, 0.717) is 24.0 Å². The van der Waals surface area contributed by atoms with Crippen LogP contribution < -0.4 is 15.2 Å². The van der Waals surface area contributed by atoms with E-state index >= 15 is 0 Å². The number of piperidine rings is 1. The Morgan fingerprint density at radius 3 is 2.57 bits per heavy atom. The van der Waals surface area contributed by atoms with Crippen molar-refractivity contribution < 1.29 is 14.3 Å². The van der Waals surface area contributed by atoms with Gasteiger partial charge in [0.1, 0.15) is 0 Å². The van der Waals surface area contributed by atoms with E-state index in [0.717, 1.165) is 37.1 Å². The number of nitrogens with zero attached hydrogens (tertiary/aromatic N) is 1. The molecule has 148 valence electrons. The molecule has 0 aromatic heterocycles. The van der Waals surface area contributed by atoms with Crippen LogP contribution in [0.5, 0.6) is 11.5 Å². The third-order valence-electron chi connectivity index (χ3n) is 5.30. The van der Waals surface area contributed by atoms with E-state index in [-0.39, 0.29) is 5.91 Å². The first kappa shape index (κ1) is 20.0.